The Hall–Kier alpha value is -2.24. The zero-order chi connectivity index (χ0) is 11.7. The van der Waals surface area contributed by atoms with Crippen molar-refractivity contribution < 1.29 is 9.90 Å². The highest BCUT2D eigenvalue weighted by Crippen LogP contribution is 2.20. The van der Waals surface area contributed by atoms with Crippen molar-refractivity contribution in [3.8, 4) is 11.3 Å². The topological polar surface area (TPSA) is 80.9 Å². The summed E-state index contributed by atoms with van der Waals surface area (Å²) in [6.07, 6.45) is 3.08. The van der Waals surface area contributed by atoms with Gasteiger partial charge in [0.2, 0.25) is 0 Å². The first-order valence-corrected chi connectivity index (χ1v) is 4.65. The Labute approximate surface area is 91.6 Å². The number of rotatable bonds is 2. The summed E-state index contributed by atoms with van der Waals surface area (Å²) in [6, 6.07) is 1.66. The molecule has 2 aromatic heterocycles. The second kappa shape index (κ2) is 3.73. The number of aromatic carboxylic acids is 1. The van der Waals surface area contributed by atoms with Gasteiger partial charge in [0.15, 0.2) is 5.69 Å². The van der Waals surface area contributed by atoms with Crippen LogP contribution >= 0.6 is 0 Å². The summed E-state index contributed by atoms with van der Waals surface area (Å²) in [5.74, 6) is -0.427. The average molecular weight is 218 g/mol. The van der Waals surface area contributed by atoms with Crippen molar-refractivity contribution in [1.82, 2.24) is 19.7 Å². The van der Waals surface area contributed by atoms with Crippen LogP contribution in [0.25, 0.3) is 11.3 Å². The summed E-state index contributed by atoms with van der Waals surface area (Å²) in [7, 11) is 1.58. The Morgan fingerprint density at radius 3 is 2.88 bits per heavy atom. The molecule has 0 saturated carbocycles. The fourth-order valence-electron chi connectivity index (χ4n) is 1.48. The number of carboxylic acid groups (broad SMARTS) is 1. The van der Waals surface area contributed by atoms with Crippen LogP contribution in [0, 0.1) is 6.92 Å². The van der Waals surface area contributed by atoms with E-state index in [1.807, 2.05) is 0 Å². The molecular weight excluding hydrogens is 208 g/mol. The minimum atomic E-state index is -1.02. The molecule has 0 aromatic carbocycles. The molecule has 0 amide bonds. The van der Waals surface area contributed by atoms with Gasteiger partial charge in [-0.25, -0.2) is 14.8 Å². The molecule has 0 saturated heterocycles. The van der Waals surface area contributed by atoms with Crippen LogP contribution in [0.5, 0.6) is 0 Å². The first kappa shape index (κ1) is 10.3. The van der Waals surface area contributed by atoms with Gasteiger partial charge in [0.25, 0.3) is 0 Å². The molecule has 0 radical (unpaired) electrons. The third-order valence-corrected chi connectivity index (χ3v) is 2.19. The van der Waals surface area contributed by atoms with Crippen LogP contribution in [0.3, 0.4) is 0 Å². The van der Waals surface area contributed by atoms with Gasteiger partial charge in [0, 0.05) is 13.2 Å². The summed E-state index contributed by atoms with van der Waals surface area (Å²) < 4.78 is 1.31. The molecule has 16 heavy (non-hydrogen) atoms. The van der Waals surface area contributed by atoms with Crippen molar-refractivity contribution in [3.63, 3.8) is 0 Å². The molecule has 2 aromatic rings. The maximum Gasteiger partial charge on any atom is 0.354 e. The number of nitrogens with zero attached hydrogens (tertiary/aromatic N) is 4. The van der Waals surface area contributed by atoms with Crippen LogP contribution in [0.2, 0.25) is 0 Å². The number of carboxylic acids is 1. The largest absolute Gasteiger partial charge is 0.477 e. The molecule has 0 spiro atoms. The molecule has 6 nitrogen and oxygen atoms in total. The third-order valence-electron chi connectivity index (χ3n) is 2.19. The Bertz CT molecular complexity index is 548. The SMILES string of the molecule is Cc1nccc(-c2cnn(C)c2C(=O)O)n1. The number of hydrogen-bond acceptors (Lipinski definition) is 4. The van der Waals surface area contributed by atoms with E-state index >= 15 is 0 Å². The van der Waals surface area contributed by atoms with E-state index in [-0.39, 0.29) is 5.69 Å². The molecule has 1 N–H and O–H groups in total. The van der Waals surface area contributed by atoms with Gasteiger partial charge in [0.1, 0.15) is 5.82 Å². The standard InChI is InChI=1S/C10H10N4O2/c1-6-11-4-3-8(13-6)7-5-12-14(2)9(7)10(15)16/h3-5H,1-2H3,(H,15,16). The molecule has 2 heterocycles. The molecule has 0 aliphatic carbocycles. The van der Waals surface area contributed by atoms with E-state index in [4.69, 9.17) is 5.11 Å². The third kappa shape index (κ3) is 1.65. The Morgan fingerprint density at radius 1 is 1.50 bits per heavy atom. The van der Waals surface area contributed by atoms with Crippen LogP contribution in [0.15, 0.2) is 18.5 Å². The van der Waals surface area contributed by atoms with E-state index in [0.717, 1.165) is 0 Å². The molecule has 0 aliphatic heterocycles. The summed E-state index contributed by atoms with van der Waals surface area (Å²) in [6.45, 7) is 1.75. The minimum Gasteiger partial charge on any atom is -0.477 e. The lowest BCUT2D eigenvalue weighted by Crippen LogP contribution is -2.07. The predicted molar refractivity (Wildman–Crippen MR) is 55.9 cm³/mol. The van der Waals surface area contributed by atoms with E-state index < -0.39 is 5.97 Å². The molecule has 0 bridgehead atoms. The van der Waals surface area contributed by atoms with Crippen LogP contribution in [-0.4, -0.2) is 30.8 Å². The molecule has 0 aliphatic rings. The Kier molecular flexibility index (Phi) is 2.40. The van der Waals surface area contributed by atoms with E-state index in [9.17, 15) is 4.79 Å². The van der Waals surface area contributed by atoms with Gasteiger partial charge >= 0.3 is 5.97 Å². The monoisotopic (exact) mass is 218 g/mol. The van der Waals surface area contributed by atoms with Crippen LogP contribution < -0.4 is 0 Å². The smallest absolute Gasteiger partial charge is 0.354 e. The number of aryl methyl sites for hydroxylation is 2. The molecule has 0 unspecified atom stereocenters. The normalized spacial score (nSPS) is 10.4. The molecule has 2 rings (SSSR count). The van der Waals surface area contributed by atoms with Gasteiger partial charge < -0.3 is 5.11 Å². The Balaban J connectivity index is 2.60. The second-order valence-electron chi connectivity index (χ2n) is 3.32. The first-order valence-electron chi connectivity index (χ1n) is 4.65. The van der Waals surface area contributed by atoms with Crippen molar-refractivity contribution in [2.24, 2.45) is 7.05 Å². The number of hydrogen-bond donors (Lipinski definition) is 1. The summed E-state index contributed by atoms with van der Waals surface area (Å²) in [5, 5.41) is 13.0. The Morgan fingerprint density at radius 2 is 2.25 bits per heavy atom. The van der Waals surface area contributed by atoms with E-state index in [2.05, 4.69) is 15.1 Å². The van der Waals surface area contributed by atoms with Crippen molar-refractivity contribution in [2.45, 2.75) is 6.92 Å². The van der Waals surface area contributed by atoms with Gasteiger partial charge in [-0.3, -0.25) is 4.68 Å². The van der Waals surface area contributed by atoms with E-state index in [0.29, 0.717) is 17.1 Å². The average Bonchev–Trinajstić information content (AvgIpc) is 2.60. The second-order valence-corrected chi connectivity index (χ2v) is 3.32. The fourth-order valence-corrected chi connectivity index (χ4v) is 1.48. The van der Waals surface area contributed by atoms with Crippen LogP contribution in [-0.2, 0) is 7.05 Å². The highest BCUT2D eigenvalue weighted by molar-refractivity contribution is 5.93. The predicted octanol–water partition coefficient (Wildman–Crippen LogP) is 0.884. The maximum absolute atomic E-state index is 11.1. The van der Waals surface area contributed by atoms with Crippen LogP contribution in [0.4, 0.5) is 0 Å². The first-order chi connectivity index (χ1) is 7.59. The molecule has 0 fully saturated rings. The lowest BCUT2D eigenvalue weighted by atomic mass is 10.2. The van der Waals surface area contributed by atoms with Gasteiger partial charge in [-0.2, -0.15) is 5.10 Å². The zero-order valence-electron chi connectivity index (χ0n) is 8.88. The van der Waals surface area contributed by atoms with Gasteiger partial charge in [-0.1, -0.05) is 0 Å². The lowest BCUT2D eigenvalue weighted by Gasteiger charge is -2.01. The molecule has 82 valence electrons. The zero-order valence-corrected chi connectivity index (χ0v) is 8.88. The quantitative estimate of drug-likeness (QED) is 0.809. The number of carbonyl (C=O) groups is 1. The number of aromatic nitrogens is 4. The van der Waals surface area contributed by atoms with Gasteiger partial charge in [0.05, 0.1) is 17.5 Å². The highest BCUT2D eigenvalue weighted by Gasteiger charge is 2.17. The molecular formula is C10H10N4O2. The van der Waals surface area contributed by atoms with Crippen molar-refractivity contribution in [2.75, 3.05) is 0 Å². The van der Waals surface area contributed by atoms with Crippen molar-refractivity contribution >= 4 is 5.97 Å². The van der Waals surface area contributed by atoms with E-state index in [1.165, 1.54) is 10.9 Å². The minimum absolute atomic E-state index is 0.123. The molecule has 0 atom stereocenters. The van der Waals surface area contributed by atoms with E-state index in [1.54, 1.807) is 26.2 Å². The molecule has 6 heteroatoms. The summed E-state index contributed by atoms with van der Waals surface area (Å²) in [4.78, 5) is 19.2. The fraction of sp³-hybridized carbons (Fsp3) is 0.200. The van der Waals surface area contributed by atoms with Crippen LogP contribution in [0.1, 0.15) is 16.3 Å². The van der Waals surface area contributed by atoms with Gasteiger partial charge in [-0.15, -0.1) is 0 Å². The summed E-state index contributed by atoms with van der Waals surface area (Å²) in [5.41, 5.74) is 1.19. The lowest BCUT2D eigenvalue weighted by molar-refractivity contribution is 0.0686. The summed E-state index contributed by atoms with van der Waals surface area (Å²) >= 11 is 0. The van der Waals surface area contributed by atoms with Gasteiger partial charge in [-0.05, 0) is 13.0 Å². The highest BCUT2D eigenvalue weighted by atomic mass is 16.4. The van der Waals surface area contributed by atoms with Crippen molar-refractivity contribution in [3.05, 3.63) is 30.0 Å². The van der Waals surface area contributed by atoms with Crippen molar-refractivity contribution in [1.29, 1.82) is 0 Å². The maximum atomic E-state index is 11.1.